The van der Waals surface area contributed by atoms with E-state index in [-0.39, 0.29) is 11.3 Å². The highest BCUT2D eigenvalue weighted by molar-refractivity contribution is 5.83. The van der Waals surface area contributed by atoms with E-state index in [9.17, 15) is 4.79 Å². The van der Waals surface area contributed by atoms with Crippen LogP contribution >= 0.6 is 0 Å². The lowest BCUT2D eigenvalue weighted by Crippen LogP contribution is -2.36. The average molecular weight is 167 g/mol. The molecule has 1 aliphatic rings. The largest absolute Gasteiger partial charge is 0.319 e. The zero-order valence-corrected chi connectivity index (χ0v) is 8.13. The monoisotopic (exact) mass is 167 g/mol. The molecule has 0 saturated carbocycles. The number of nitrogens with zero attached hydrogens (tertiary/aromatic N) is 1. The molecule has 1 rings (SSSR count). The summed E-state index contributed by atoms with van der Waals surface area (Å²) in [5, 5.41) is 0. The zero-order chi connectivity index (χ0) is 9.19. The Morgan fingerprint density at radius 2 is 2.25 bits per heavy atom. The van der Waals surface area contributed by atoms with E-state index in [1.807, 2.05) is 31.0 Å². The lowest BCUT2D eigenvalue weighted by molar-refractivity contribution is -0.137. The first kappa shape index (κ1) is 9.30. The smallest absolute Gasteiger partial charge is 0.232 e. The molecule has 0 spiro atoms. The topological polar surface area (TPSA) is 20.3 Å². The van der Waals surface area contributed by atoms with E-state index >= 15 is 0 Å². The Hall–Kier alpha value is -0.790. The Labute approximate surface area is 74.2 Å². The number of carbonyl (C=O) groups excluding carboxylic acids is 1. The van der Waals surface area contributed by atoms with Crippen molar-refractivity contribution in [1.82, 2.24) is 4.90 Å². The van der Waals surface area contributed by atoms with Crippen molar-refractivity contribution in [3.8, 4) is 0 Å². The van der Waals surface area contributed by atoms with Crippen molar-refractivity contribution < 1.29 is 4.79 Å². The maximum Gasteiger partial charge on any atom is 0.232 e. The van der Waals surface area contributed by atoms with Crippen molar-refractivity contribution >= 4 is 5.91 Å². The zero-order valence-electron chi connectivity index (χ0n) is 8.13. The Bertz CT molecular complexity index is 206. The number of hydrogen-bond acceptors (Lipinski definition) is 1. The molecular formula is C10H17NO. The van der Waals surface area contributed by atoms with Gasteiger partial charge in [0, 0.05) is 18.2 Å². The third-order valence-corrected chi connectivity index (χ3v) is 2.55. The van der Waals surface area contributed by atoms with Crippen molar-refractivity contribution in [3.05, 3.63) is 12.3 Å². The van der Waals surface area contributed by atoms with Crippen molar-refractivity contribution in [2.45, 2.75) is 33.6 Å². The summed E-state index contributed by atoms with van der Waals surface area (Å²) in [5.74, 6) is 0.249. The van der Waals surface area contributed by atoms with Crippen LogP contribution in [0.3, 0.4) is 0 Å². The van der Waals surface area contributed by atoms with Crippen LogP contribution in [0.25, 0.3) is 0 Å². The predicted molar refractivity (Wildman–Crippen MR) is 49.5 cm³/mol. The lowest BCUT2D eigenvalue weighted by atomic mass is 9.89. The molecule has 0 bridgehead atoms. The van der Waals surface area contributed by atoms with Gasteiger partial charge in [-0.1, -0.05) is 26.8 Å². The summed E-state index contributed by atoms with van der Waals surface area (Å²) in [6.45, 7) is 6.92. The highest BCUT2D eigenvalue weighted by Crippen LogP contribution is 2.24. The van der Waals surface area contributed by atoms with E-state index in [0.29, 0.717) is 0 Å². The molecule has 2 nitrogen and oxygen atoms in total. The summed E-state index contributed by atoms with van der Waals surface area (Å²) in [6, 6.07) is 0. The van der Waals surface area contributed by atoms with E-state index in [1.165, 1.54) is 0 Å². The van der Waals surface area contributed by atoms with Gasteiger partial charge in [0.15, 0.2) is 0 Å². The van der Waals surface area contributed by atoms with Crippen molar-refractivity contribution in [2.24, 2.45) is 5.41 Å². The maximum atomic E-state index is 11.8. The average Bonchev–Trinajstić information content (AvgIpc) is 2.55. The fraction of sp³-hybridized carbons (Fsp3) is 0.700. The van der Waals surface area contributed by atoms with Gasteiger partial charge in [0.2, 0.25) is 5.91 Å². The van der Waals surface area contributed by atoms with Crippen LogP contribution in [-0.4, -0.2) is 17.4 Å². The van der Waals surface area contributed by atoms with Gasteiger partial charge >= 0.3 is 0 Å². The van der Waals surface area contributed by atoms with Crippen LogP contribution in [0.1, 0.15) is 33.6 Å². The highest BCUT2D eigenvalue weighted by Gasteiger charge is 2.29. The van der Waals surface area contributed by atoms with Gasteiger partial charge in [-0.15, -0.1) is 0 Å². The van der Waals surface area contributed by atoms with Crippen molar-refractivity contribution in [2.75, 3.05) is 6.54 Å². The first-order valence-electron chi connectivity index (χ1n) is 4.55. The standard InChI is InChI=1S/C10H17NO/c1-4-10(2,3)9(12)11-7-5-6-8-11/h5,7H,4,6,8H2,1-3H3. The SMILES string of the molecule is CCC(C)(C)C(=O)N1C=CCC1. The van der Waals surface area contributed by atoms with Gasteiger partial charge < -0.3 is 4.90 Å². The molecule has 0 aromatic heterocycles. The molecule has 0 unspecified atom stereocenters. The molecule has 1 heterocycles. The molecule has 0 fully saturated rings. The highest BCUT2D eigenvalue weighted by atomic mass is 16.2. The van der Waals surface area contributed by atoms with E-state index in [4.69, 9.17) is 0 Å². The summed E-state index contributed by atoms with van der Waals surface area (Å²) in [4.78, 5) is 13.6. The van der Waals surface area contributed by atoms with Crippen LogP contribution < -0.4 is 0 Å². The van der Waals surface area contributed by atoms with Gasteiger partial charge in [-0.05, 0) is 12.8 Å². The maximum absolute atomic E-state index is 11.8. The van der Waals surface area contributed by atoms with Gasteiger partial charge in [0.25, 0.3) is 0 Å². The van der Waals surface area contributed by atoms with Crippen LogP contribution in [0.15, 0.2) is 12.3 Å². The molecule has 0 aliphatic carbocycles. The van der Waals surface area contributed by atoms with Gasteiger partial charge in [-0.25, -0.2) is 0 Å². The number of carbonyl (C=O) groups is 1. The first-order valence-corrected chi connectivity index (χ1v) is 4.55. The number of rotatable bonds is 2. The minimum Gasteiger partial charge on any atom is -0.319 e. The van der Waals surface area contributed by atoms with E-state index in [0.717, 1.165) is 19.4 Å². The molecule has 0 radical (unpaired) electrons. The second-order valence-corrected chi connectivity index (χ2v) is 3.91. The quantitative estimate of drug-likeness (QED) is 0.617. The van der Waals surface area contributed by atoms with Gasteiger partial charge in [-0.2, -0.15) is 0 Å². The Kier molecular flexibility index (Phi) is 2.55. The fourth-order valence-corrected chi connectivity index (χ4v) is 1.20. The molecule has 68 valence electrons. The second-order valence-electron chi connectivity index (χ2n) is 3.91. The Balaban J connectivity index is 2.63. The molecule has 0 aromatic carbocycles. The van der Waals surface area contributed by atoms with Crippen molar-refractivity contribution in [3.63, 3.8) is 0 Å². The minimum atomic E-state index is -0.200. The number of hydrogen-bond donors (Lipinski definition) is 0. The normalized spacial score (nSPS) is 17.1. The summed E-state index contributed by atoms with van der Waals surface area (Å²) < 4.78 is 0. The third-order valence-electron chi connectivity index (χ3n) is 2.55. The van der Waals surface area contributed by atoms with E-state index < -0.39 is 0 Å². The Morgan fingerprint density at radius 1 is 1.58 bits per heavy atom. The van der Waals surface area contributed by atoms with Gasteiger partial charge in [0.05, 0.1) is 0 Å². The molecule has 12 heavy (non-hydrogen) atoms. The second kappa shape index (κ2) is 3.30. The van der Waals surface area contributed by atoms with Crippen molar-refractivity contribution in [1.29, 1.82) is 0 Å². The first-order chi connectivity index (χ1) is 5.58. The third kappa shape index (κ3) is 1.68. The molecule has 0 atom stereocenters. The van der Waals surface area contributed by atoms with Crippen LogP contribution in [0.5, 0.6) is 0 Å². The van der Waals surface area contributed by atoms with E-state index in [2.05, 4.69) is 6.92 Å². The molecular weight excluding hydrogens is 150 g/mol. The summed E-state index contributed by atoms with van der Waals surface area (Å²) in [7, 11) is 0. The molecule has 1 aliphatic heterocycles. The fourth-order valence-electron chi connectivity index (χ4n) is 1.20. The molecule has 0 saturated heterocycles. The van der Waals surface area contributed by atoms with Gasteiger partial charge in [-0.3, -0.25) is 4.79 Å². The van der Waals surface area contributed by atoms with Crippen LogP contribution in [0, 0.1) is 5.41 Å². The summed E-state index contributed by atoms with van der Waals surface area (Å²) in [6.07, 6.45) is 5.85. The van der Waals surface area contributed by atoms with E-state index in [1.54, 1.807) is 0 Å². The van der Waals surface area contributed by atoms with Crippen LogP contribution in [0.2, 0.25) is 0 Å². The molecule has 0 aromatic rings. The summed E-state index contributed by atoms with van der Waals surface area (Å²) in [5.41, 5.74) is -0.200. The Morgan fingerprint density at radius 3 is 2.67 bits per heavy atom. The lowest BCUT2D eigenvalue weighted by Gasteiger charge is -2.26. The summed E-state index contributed by atoms with van der Waals surface area (Å²) >= 11 is 0. The molecule has 1 amide bonds. The predicted octanol–water partition coefficient (Wildman–Crippen LogP) is 2.17. The van der Waals surface area contributed by atoms with Gasteiger partial charge in [0.1, 0.15) is 0 Å². The minimum absolute atomic E-state index is 0.200. The van der Waals surface area contributed by atoms with Crippen LogP contribution in [0.4, 0.5) is 0 Å². The number of amides is 1. The molecule has 2 heteroatoms. The molecule has 0 N–H and O–H groups in total. The van der Waals surface area contributed by atoms with Crippen LogP contribution in [-0.2, 0) is 4.79 Å².